The predicted molar refractivity (Wildman–Crippen MR) is 58.1 cm³/mol. The number of nitrogen functional groups attached to an aromatic ring is 1. The lowest BCUT2D eigenvalue weighted by Crippen LogP contribution is -1.88. The van der Waals surface area contributed by atoms with Crippen molar-refractivity contribution in [1.82, 2.24) is 10.2 Å². The lowest BCUT2D eigenvalue weighted by Gasteiger charge is -1.98. The van der Waals surface area contributed by atoms with Crippen molar-refractivity contribution in [1.29, 1.82) is 0 Å². The van der Waals surface area contributed by atoms with E-state index in [0.717, 1.165) is 18.4 Å². The van der Waals surface area contributed by atoms with E-state index in [4.69, 9.17) is 10.2 Å². The number of anilines is 1. The average molecular weight is 203 g/mol. The van der Waals surface area contributed by atoms with Crippen LogP contribution in [0.3, 0.4) is 0 Å². The van der Waals surface area contributed by atoms with Gasteiger partial charge in [0.05, 0.1) is 5.56 Å². The molecule has 0 aliphatic rings. The van der Waals surface area contributed by atoms with Gasteiger partial charge in [0.2, 0.25) is 11.8 Å². The number of para-hydroxylation sites is 1. The summed E-state index contributed by atoms with van der Waals surface area (Å²) in [5, 5.41) is 7.92. The molecular formula is C11H13N3O. The van der Waals surface area contributed by atoms with Crippen LogP contribution in [0.1, 0.15) is 19.2 Å². The van der Waals surface area contributed by atoms with Crippen LogP contribution < -0.4 is 5.73 Å². The van der Waals surface area contributed by atoms with E-state index in [9.17, 15) is 0 Å². The third-order valence-corrected chi connectivity index (χ3v) is 2.12. The van der Waals surface area contributed by atoms with Crippen molar-refractivity contribution in [2.24, 2.45) is 0 Å². The van der Waals surface area contributed by atoms with Gasteiger partial charge in [0, 0.05) is 12.1 Å². The molecule has 1 aromatic carbocycles. The zero-order chi connectivity index (χ0) is 10.7. The Balaban J connectivity index is 2.33. The normalized spacial score (nSPS) is 10.5. The van der Waals surface area contributed by atoms with Crippen molar-refractivity contribution in [3.8, 4) is 11.5 Å². The number of nitrogens with two attached hydrogens (primary N) is 1. The van der Waals surface area contributed by atoms with Gasteiger partial charge in [-0.2, -0.15) is 0 Å². The minimum Gasteiger partial charge on any atom is -0.421 e. The first kappa shape index (κ1) is 9.71. The number of hydrogen-bond donors (Lipinski definition) is 1. The first-order chi connectivity index (χ1) is 7.31. The number of rotatable bonds is 3. The molecule has 0 unspecified atom stereocenters. The maximum atomic E-state index is 5.81. The van der Waals surface area contributed by atoms with E-state index in [0.29, 0.717) is 17.5 Å². The van der Waals surface area contributed by atoms with Crippen LogP contribution in [0.5, 0.6) is 0 Å². The van der Waals surface area contributed by atoms with E-state index < -0.39 is 0 Å². The molecule has 78 valence electrons. The summed E-state index contributed by atoms with van der Waals surface area (Å²) in [6, 6.07) is 7.47. The Morgan fingerprint density at radius 2 is 2.07 bits per heavy atom. The lowest BCUT2D eigenvalue weighted by molar-refractivity contribution is 0.502. The summed E-state index contributed by atoms with van der Waals surface area (Å²) in [7, 11) is 0. The van der Waals surface area contributed by atoms with E-state index in [-0.39, 0.29) is 0 Å². The molecule has 2 rings (SSSR count). The van der Waals surface area contributed by atoms with E-state index in [2.05, 4.69) is 17.1 Å². The monoisotopic (exact) mass is 203 g/mol. The zero-order valence-corrected chi connectivity index (χ0v) is 8.60. The van der Waals surface area contributed by atoms with Gasteiger partial charge in [0.25, 0.3) is 0 Å². The second kappa shape index (κ2) is 4.13. The SMILES string of the molecule is CCCc1nnc(-c2ccccc2N)o1. The molecular weight excluding hydrogens is 190 g/mol. The number of aryl methyl sites for hydroxylation is 1. The highest BCUT2D eigenvalue weighted by Crippen LogP contribution is 2.23. The fourth-order valence-corrected chi connectivity index (χ4v) is 1.37. The second-order valence-corrected chi connectivity index (χ2v) is 3.34. The first-order valence-corrected chi connectivity index (χ1v) is 4.98. The summed E-state index contributed by atoms with van der Waals surface area (Å²) in [5.74, 6) is 1.16. The molecule has 0 radical (unpaired) electrons. The number of hydrogen-bond acceptors (Lipinski definition) is 4. The molecule has 0 aliphatic heterocycles. The van der Waals surface area contributed by atoms with Crippen molar-refractivity contribution in [2.45, 2.75) is 19.8 Å². The maximum Gasteiger partial charge on any atom is 0.249 e. The summed E-state index contributed by atoms with van der Waals surface area (Å²) < 4.78 is 5.49. The third-order valence-electron chi connectivity index (χ3n) is 2.12. The van der Waals surface area contributed by atoms with Gasteiger partial charge in [-0.05, 0) is 18.6 Å². The predicted octanol–water partition coefficient (Wildman–Crippen LogP) is 2.27. The van der Waals surface area contributed by atoms with Crippen LogP contribution in [0.4, 0.5) is 5.69 Å². The Labute approximate surface area is 88.1 Å². The van der Waals surface area contributed by atoms with E-state index in [1.807, 2.05) is 24.3 Å². The van der Waals surface area contributed by atoms with Crippen molar-refractivity contribution in [3.63, 3.8) is 0 Å². The van der Waals surface area contributed by atoms with Crippen molar-refractivity contribution >= 4 is 5.69 Å². The Morgan fingerprint density at radius 1 is 1.27 bits per heavy atom. The van der Waals surface area contributed by atoms with Gasteiger partial charge < -0.3 is 10.2 Å². The third kappa shape index (κ3) is 1.98. The number of nitrogens with zero attached hydrogens (tertiary/aromatic N) is 2. The number of aromatic nitrogens is 2. The minimum absolute atomic E-state index is 0.497. The number of benzene rings is 1. The molecule has 0 amide bonds. The maximum absolute atomic E-state index is 5.81. The zero-order valence-electron chi connectivity index (χ0n) is 8.60. The Kier molecular flexibility index (Phi) is 2.67. The summed E-state index contributed by atoms with van der Waals surface area (Å²) in [5.41, 5.74) is 7.26. The highest BCUT2D eigenvalue weighted by atomic mass is 16.4. The van der Waals surface area contributed by atoms with Gasteiger partial charge >= 0.3 is 0 Å². The Hall–Kier alpha value is -1.84. The van der Waals surface area contributed by atoms with Crippen LogP contribution in [0.2, 0.25) is 0 Å². The molecule has 0 bridgehead atoms. The largest absolute Gasteiger partial charge is 0.421 e. The average Bonchev–Trinajstić information content (AvgIpc) is 2.68. The molecule has 4 heteroatoms. The first-order valence-electron chi connectivity index (χ1n) is 4.98. The molecule has 0 saturated heterocycles. The van der Waals surface area contributed by atoms with Crippen LogP contribution in [0, 0.1) is 0 Å². The van der Waals surface area contributed by atoms with E-state index >= 15 is 0 Å². The molecule has 0 spiro atoms. The molecule has 0 atom stereocenters. The van der Waals surface area contributed by atoms with Crippen LogP contribution in [0.15, 0.2) is 28.7 Å². The molecule has 4 nitrogen and oxygen atoms in total. The van der Waals surface area contributed by atoms with Crippen LogP contribution >= 0.6 is 0 Å². The smallest absolute Gasteiger partial charge is 0.249 e. The molecule has 2 N–H and O–H groups in total. The van der Waals surface area contributed by atoms with Crippen molar-refractivity contribution in [3.05, 3.63) is 30.2 Å². The van der Waals surface area contributed by atoms with Crippen molar-refractivity contribution < 1.29 is 4.42 Å². The fourth-order valence-electron chi connectivity index (χ4n) is 1.37. The van der Waals surface area contributed by atoms with Crippen LogP contribution in [-0.2, 0) is 6.42 Å². The van der Waals surface area contributed by atoms with Gasteiger partial charge in [0.1, 0.15) is 0 Å². The lowest BCUT2D eigenvalue weighted by atomic mass is 10.2. The highest BCUT2D eigenvalue weighted by Gasteiger charge is 2.09. The second-order valence-electron chi connectivity index (χ2n) is 3.34. The summed E-state index contributed by atoms with van der Waals surface area (Å²) in [6.45, 7) is 2.07. The van der Waals surface area contributed by atoms with Gasteiger partial charge in [-0.3, -0.25) is 0 Å². The Morgan fingerprint density at radius 3 is 2.80 bits per heavy atom. The molecule has 0 saturated carbocycles. The highest BCUT2D eigenvalue weighted by molar-refractivity contribution is 5.69. The molecule has 0 fully saturated rings. The Bertz CT molecular complexity index is 451. The minimum atomic E-state index is 0.497. The molecule has 2 aromatic rings. The standard InChI is InChI=1S/C11H13N3O/c1-2-5-10-13-14-11(15-10)8-6-3-4-7-9(8)12/h3-4,6-7H,2,5,12H2,1H3. The topological polar surface area (TPSA) is 64.9 Å². The molecule has 1 aromatic heterocycles. The summed E-state index contributed by atoms with van der Waals surface area (Å²) in [4.78, 5) is 0. The fraction of sp³-hybridized carbons (Fsp3) is 0.273. The van der Waals surface area contributed by atoms with Gasteiger partial charge in [-0.15, -0.1) is 10.2 Å². The van der Waals surface area contributed by atoms with Crippen molar-refractivity contribution in [2.75, 3.05) is 5.73 Å². The van der Waals surface area contributed by atoms with Gasteiger partial charge in [0.15, 0.2) is 0 Å². The van der Waals surface area contributed by atoms with Gasteiger partial charge in [-0.1, -0.05) is 19.1 Å². The van der Waals surface area contributed by atoms with E-state index in [1.165, 1.54) is 0 Å². The summed E-state index contributed by atoms with van der Waals surface area (Å²) in [6.07, 6.45) is 1.80. The van der Waals surface area contributed by atoms with E-state index in [1.54, 1.807) is 0 Å². The molecule has 15 heavy (non-hydrogen) atoms. The van der Waals surface area contributed by atoms with Crippen LogP contribution in [0.25, 0.3) is 11.5 Å². The van der Waals surface area contributed by atoms with Crippen LogP contribution in [-0.4, -0.2) is 10.2 Å². The molecule has 1 heterocycles. The summed E-state index contributed by atoms with van der Waals surface area (Å²) >= 11 is 0. The van der Waals surface area contributed by atoms with Gasteiger partial charge in [-0.25, -0.2) is 0 Å². The quantitative estimate of drug-likeness (QED) is 0.777. The molecule has 0 aliphatic carbocycles.